The number of rotatable bonds is 5. The molecule has 0 N–H and O–H groups in total. The van der Waals surface area contributed by atoms with Crippen LogP contribution in [0.1, 0.15) is 37.2 Å². The Balaban J connectivity index is 3.41. The van der Waals surface area contributed by atoms with E-state index in [1.807, 2.05) is 19.9 Å². The van der Waals surface area contributed by atoms with Crippen LogP contribution in [0, 0.1) is 20.8 Å². The molecule has 0 bridgehead atoms. The maximum Gasteiger partial charge on any atom is 0.328 e. The molecular weight excluding hydrogens is 284 g/mol. The Morgan fingerprint density at radius 2 is 1.86 bits per heavy atom. The second kappa shape index (κ2) is 7.15. The van der Waals surface area contributed by atoms with E-state index in [-0.39, 0.29) is 12.2 Å². The topological polar surface area (TPSA) is 76.6 Å². The smallest absolute Gasteiger partial charge is 0.328 e. The van der Waals surface area contributed by atoms with Crippen LogP contribution in [0.4, 0.5) is 5.69 Å². The summed E-state index contributed by atoms with van der Waals surface area (Å²) in [5, 5.41) is 0. The number of hydrogen-bond donors (Lipinski definition) is 0. The summed E-state index contributed by atoms with van der Waals surface area (Å²) in [6, 6.07) is 0.999. The minimum absolute atomic E-state index is 0.262. The fraction of sp³-hybridized carbons (Fsp3) is 0.500. The first-order valence-corrected chi connectivity index (χ1v) is 7.03. The molecule has 0 aromatic carbocycles. The van der Waals surface area contributed by atoms with Crippen LogP contribution in [0.15, 0.2) is 6.07 Å². The molecule has 0 saturated heterocycles. The second-order valence-electron chi connectivity index (χ2n) is 5.36. The number of nitrogens with zero attached hydrogens (tertiary/aromatic N) is 2. The van der Waals surface area contributed by atoms with Gasteiger partial charge in [0, 0.05) is 5.69 Å². The summed E-state index contributed by atoms with van der Waals surface area (Å²) in [6.45, 7) is 8.38. The fourth-order valence-electron chi connectivity index (χ4n) is 2.49. The predicted molar refractivity (Wildman–Crippen MR) is 82.7 cm³/mol. The maximum atomic E-state index is 12.5. The van der Waals surface area contributed by atoms with Gasteiger partial charge in [0.25, 0.3) is 0 Å². The van der Waals surface area contributed by atoms with Gasteiger partial charge in [0.2, 0.25) is 5.91 Å². The van der Waals surface area contributed by atoms with Crippen LogP contribution < -0.4 is 4.90 Å². The molecule has 0 aliphatic heterocycles. The van der Waals surface area contributed by atoms with Crippen molar-refractivity contribution in [3.05, 3.63) is 23.0 Å². The molecule has 0 spiro atoms. The Morgan fingerprint density at radius 1 is 1.27 bits per heavy atom. The molecule has 0 radical (unpaired) electrons. The average molecular weight is 306 g/mol. The van der Waals surface area contributed by atoms with Gasteiger partial charge >= 0.3 is 5.97 Å². The number of esters is 1. The first-order chi connectivity index (χ1) is 10.2. The molecule has 0 aliphatic rings. The van der Waals surface area contributed by atoms with Crippen LogP contribution in [-0.4, -0.2) is 35.8 Å². The van der Waals surface area contributed by atoms with Crippen LogP contribution in [0.25, 0.3) is 0 Å². The summed E-state index contributed by atoms with van der Waals surface area (Å²) in [5.41, 5.74) is 2.82. The number of pyridine rings is 1. The highest BCUT2D eigenvalue weighted by molar-refractivity contribution is 6.08. The Kier molecular flexibility index (Phi) is 5.79. The Bertz CT molecular complexity index is 587. The minimum atomic E-state index is -0.834. The molecule has 6 nitrogen and oxygen atoms in total. The lowest BCUT2D eigenvalue weighted by molar-refractivity contribution is -0.143. The first kappa shape index (κ1) is 17.8. The number of amides is 1. The summed E-state index contributed by atoms with van der Waals surface area (Å²) >= 11 is 0. The third kappa shape index (κ3) is 3.90. The van der Waals surface area contributed by atoms with E-state index in [0.29, 0.717) is 11.4 Å². The molecule has 1 rings (SSSR count). The molecule has 0 unspecified atom stereocenters. The van der Waals surface area contributed by atoms with Gasteiger partial charge in [-0.05, 0) is 46.2 Å². The number of methoxy groups -OCH3 is 1. The zero-order chi connectivity index (χ0) is 17.0. The van der Waals surface area contributed by atoms with Gasteiger partial charge in [0.15, 0.2) is 0 Å². The molecule has 0 aliphatic carbocycles. The van der Waals surface area contributed by atoms with Gasteiger partial charge in [-0.1, -0.05) is 0 Å². The lowest BCUT2D eigenvalue weighted by atomic mass is 10.1. The number of aromatic nitrogens is 1. The number of aryl methyl sites for hydroxylation is 3. The molecule has 6 heteroatoms. The van der Waals surface area contributed by atoms with Crippen LogP contribution in [0.5, 0.6) is 0 Å². The van der Waals surface area contributed by atoms with Crippen molar-refractivity contribution in [2.45, 2.75) is 47.1 Å². The van der Waals surface area contributed by atoms with Crippen molar-refractivity contribution in [3.8, 4) is 0 Å². The SMILES string of the molecule is COC(=O)[C@H](C)N(C(=O)CC(C)=O)c1c(C)cc(C)nc1C. The van der Waals surface area contributed by atoms with Crippen LogP contribution in [0.2, 0.25) is 0 Å². The van der Waals surface area contributed by atoms with Gasteiger partial charge < -0.3 is 4.74 Å². The fourth-order valence-corrected chi connectivity index (χ4v) is 2.49. The van der Waals surface area contributed by atoms with Crippen molar-refractivity contribution in [3.63, 3.8) is 0 Å². The maximum absolute atomic E-state index is 12.5. The minimum Gasteiger partial charge on any atom is -0.467 e. The molecule has 22 heavy (non-hydrogen) atoms. The number of ether oxygens (including phenoxy) is 1. The lowest BCUT2D eigenvalue weighted by Gasteiger charge is -2.30. The van der Waals surface area contributed by atoms with E-state index in [1.54, 1.807) is 13.8 Å². The summed E-state index contributed by atoms with van der Waals surface area (Å²) in [4.78, 5) is 41.3. The van der Waals surface area contributed by atoms with Crippen molar-refractivity contribution in [2.75, 3.05) is 12.0 Å². The van der Waals surface area contributed by atoms with Gasteiger partial charge in [0.1, 0.15) is 11.8 Å². The summed E-state index contributed by atoms with van der Waals surface area (Å²) < 4.78 is 4.73. The standard InChI is InChI=1S/C16H22N2O4/c1-9-7-10(2)17-12(4)15(9)18(13(5)16(21)22-6)14(20)8-11(3)19/h7,13H,8H2,1-6H3/t13-/m0/s1. The zero-order valence-corrected chi connectivity index (χ0v) is 13.9. The van der Waals surface area contributed by atoms with Crippen molar-refractivity contribution in [2.24, 2.45) is 0 Å². The molecule has 1 heterocycles. The lowest BCUT2D eigenvalue weighted by Crippen LogP contribution is -2.45. The van der Waals surface area contributed by atoms with Crippen LogP contribution in [0.3, 0.4) is 0 Å². The Labute approximate surface area is 130 Å². The summed E-state index contributed by atoms with van der Waals surface area (Å²) in [6.07, 6.45) is -0.270. The molecule has 1 atom stereocenters. The predicted octanol–water partition coefficient (Wildman–Crippen LogP) is 1.88. The zero-order valence-electron chi connectivity index (χ0n) is 13.9. The van der Waals surface area contributed by atoms with E-state index in [0.717, 1.165) is 11.3 Å². The number of hydrogen-bond acceptors (Lipinski definition) is 5. The number of carbonyl (C=O) groups excluding carboxylic acids is 3. The van der Waals surface area contributed by atoms with Crippen molar-refractivity contribution in [1.29, 1.82) is 0 Å². The van der Waals surface area contributed by atoms with E-state index >= 15 is 0 Å². The Morgan fingerprint density at radius 3 is 2.32 bits per heavy atom. The first-order valence-electron chi connectivity index (χ1n) is 7.03. The quantitative estimate of drug-likeness (QED) is 0.613. The molecule has 0 fully saturated rings. The van der Waals surface area contributed by atoms with E-state index in [4.69, 9.17) is 4.74 Å². The molecule has 1 amide bonds. The van der Waals surface area contributed by atoms with Gasteiger partial charge in [-0.25, -0.2) is 4.79 Å². The highest BCUT2D eigenvalue weighted by Crippen LogP contribution is 2.27. The number of ketones is 1. The monoisotopic (exact) mass is 306 g/mol. The largest absolute Gasteiger partial charge is 0.467 e. The van der Waals surface area contributed by atoms with Gasteiger partial charge in [-0.15, -0.1) is 0 Å². The van der Waals surface area contributed by atoms with Crippen molar-refractivity contribution < 1.29 is 19.1 Å². The number of carbonyl (C=O) groups is 3. The van der Waals surface area contributed by atoms with E-state index in [1.165, 1.54) is 18.9 Å². The number of anilines is 1. The summed E-state index contributed by atoms with van der Waals surface area (Å²) in [7, 11) is 1.26. The Hall–Kier alpha value is -2.24. The number of Topliss-reactive ketones (excluding diaryl/α,β-unsaturated/α-hetero) is 1. The van der Waals surface area contributed by atoms with Gasteiger partial charge in [-0.3, -0.25) is 19.5 Å². The van der Waals surface area contributed by atoms with Crippen molar-refractivity contribution in [1.82, 2.24) is 4.98 Å². The molecule has 120 valence electrons. The molecule has 1 aromatic heterocycles. The highest BCUT2D eigenvalue weighted by Gasteiger charge is 2.31. The van der Waals surface area contributed by atoms with E-state index in [2.05, 4.69) is 4.98 Å². The summed E-state index contributed by atoms with van der Waals surface area (Å²) in [5.74, 6) is -1.25. The second-order valence-corrected chi connectivity index (χ2v) is 5.36. The molecular formula is C16H22N2O4. The van der Waals surface area contributed by atoms with Gasteiger partial charge in [0.05, 0.1) is 24.9 Å². The van der Waals surface area contributed by atoms with E-state index in [9.17, 15) is 14.4 Å². The van der Waals surface area contributed by atoms with Crippen molar-refractivity contribution >= 4 is 23.3 Å². The normalized spacial score (nSPS) is 11.7. The van der Waals surface area contributed by atoms with E-state index < -0.39 is 17.9 Å². The van der Waals surface area contributed by atoms with Crippen LogP contribution >= 0.6 is 0 Å². The highest BCUT2D eigenvalue weighted by atomic mass is 16.5. The van der Waals surface area contributed by atoms with Crippen LogP contribution in [-0.2, 0) is 19.1 Å². The van der Waals surface area contributed by atoms with Gasteiger partial charge in [-0.2, -0.15) is 0 Å². The third-order valence-corrected chi connectivity index (χ3v) is 3.33. The molecule has 1 aromatic rings. The third-order valence-electron chi connectivity index (χ3n) is 3.33. The average Bonchev–Trinajstić information content (AvgIpc) is 2.39. The molecule has 0 saturated carbocycles.